The first-order valence-corrected chi connectivity index (χ1v) is 5.04. The highest BCUT2D eigenvalue weighted by Gasteiger charge is 2.65. The number of allylic oxidation sites excluding steroid dienone is 2. The van der Waals surface area contributed by atoms with Gasteiger partial charge in [-0.1, -0.05) is 19.1 Å². The summed E-state index contributed by atoms with van der Waals surface area (Å²) in [5, 5.41) is 0. The fraction of sp³-hybridized carbons (Fsp3) is 0.818. The zero-order chi connectivity index (χ0) is 7.42. The molecule has 0 aliphatic heterocycles. The van der Waals surface area contributed by atoms with Gasteiger partial charge in [-0.2, -0.15) is 0 Å². The summed E-state index contributed by atoms with van der Waals surface area (Å²) in [5.41, 5.74) is 0. The molecule has 3 rings (SSSR count). The van der Waals surface area contributed by atoms with Crippen LogP contribution in [-0.2, 0) is 0 Å². The van der Waals surface area contributed by atoms with Crippen molar-refractivity contribution in [2.75, 3.05) is 0 Å². The number of rotatable bonds is 1. The Kier molecular flexibility index (Phi) is 1.09. The van der Waals surface area contributed by atoms with E-state index in [9.17, 15) is 0 Å². The van der Waals surface area contributed by atoms with E-state index < -0.39 is 0 Å². The SMILES string of the molecule is CC1C=CC(C2C3CC32)CC1. The van der Waals surface area contributed by atoms with E-state index in [2.05, 4.69) is 19.1 Å². The van der Waals surface area contributed by atoms with Crippen molar-refractivity contribution < 1.29 is 0 Å². The van der Waals surface area contributed by atoms with Crippen LogP contribution in [0.3, 0.4) is 0 Å². The van der Waals surface area contributed by atoms with Crippen molar-refractivity contribution in [3.8, 4) is 0 Å². The van der Waals surface area contributed by atoms with E-state index in [1.165, 1.54) is 24.7 Å². The van der Waals surface area contributed by atoms with Crippen LogP contribution >= 0.6 is 0 Å². The van der Waals surface area contributed by atoms with Gasteiger partial charge in [0, 0.05) is 0 Å². The predicted octanol–water partition coefficient (Wildman–Crippen LogP) is 2.85. The first-order chi connectivity index (χ1) is 5.36. The summed E-state index contributed by atoms with van der Waals surface area (Å²) in [6.07, 6.45) is 9.44. The Bertz CT molecular complexity index is 196. The standard InChI is InChI=1S/C11H16/c1-7-2-4-8(5-3-7)11-9-6-10(9)11/h2,4,7-11H,3,5-6H2,1H3. The average molecular weight is 148 g/mol. The fourth-order valence-corrected chi connectivity index (χ4v) is 2.76. The van der Waals surface area contributed by atoms with Gasteiger partial charge in [-0.3, -0.25) is 0 Å². The monoisotopic (exact) mass is 148 g/mol. The third-order valence-electron chi connectivity index (χ3n) is 3.88. The molecular formula is C11H16. The van der Waals surface area contributed by atoms with E-state index in [-0.39, 0.29) is 0 Å². The second kappa shape index (κ2) is 1.91. The maximum Gasteiger partial charge on any atom is -0.0199 e. The summed E-state index contributed by atoms with van der Waals surface area (Å²) in [7, 11) is 0. The molecule has 11 heavy (non-hydrogen) atoms. The highest BCUT2D eigenvalue weighted by Crippen LogP contribution is 2.71. The van der Waals surface area contributed by atoms with Crippen molar-refractivity contribution in [1.82, 2.24) is 0 Å². The molecule has 3 aliphatic rings. The van der Waals surface area contributed by atoms with Gasteiger partial charge in [-0.05, 0) is 48.9 Å². The zero-order valence-corrected chi connectivity index (χ0v) is 7.16. The maximum atomic E-state index is 2.50. The predicted molar refractivity (Wildman–Crippen MR) is 46.1 cm³/mol. The number of hydrogen-bond donors (Lipinski definition) is 0. The van der Waals surface area contributed by atoms with E-state index in [1.807, 2.05) is 0 Å². The molecule has 0 saturated heterocycles. The van der Waals surface area contributed by atoms with E-state index in [1.54, 1.807) is 6.42 Å². The quantitative estimate of drug-likeness (QED) is 0.502. The van der Waals surface area contributed by atoms with Crippen molar-refractivity contribution in [1.29, 1.82) is 0 Å². The van der Waals surface area contributed by atoms with Crippen molar-refractivity contribution in [3.63, 3.8) is 0 Å². The summed E-state index contributed by atoms with van der Waals surface area (Å²) in [6, 6.07) is 0. The first-order valence-electron chi connectivity index (χ1n) is 5.04. The van der Waals surface area contributed by atoms with Gasteiger partial charge in [-0.15, -0.1) is 0 Å². The lowest BCUT2D eigenvalue weighted by Crippen LogP contribution is -2.11. The molecule has 0 radical (unpaired) electrons. The summed E-state index contributed by atoms with van der Waals surface area (Å²) in [5.74, 6) is 5.39. The second-order valence-electron chi connectivity index (χ2n) is 4.74. The molecule has 0 spiro atoms. The van der Waals surface area contributed by atoms with E-state index in [0.717, 1.165) is 17.8 Å². The largest absolute Gasteiger partial charge is 0.0854 e. The Balaban J connectivity index is 1.66. The molecule has 3 aliphatic carbocycles. The third-order valence-corrected chi connectivity index (χ3v) is 3.88. The van der Waals surface area contributed by atoms with Gasteiger partial charge in [0.1, 0.15) is 0 Å². The Morgan fingerprint density at radius 1 is 1.09 bits per heavy atom. The van der Waals surface area contributed by atoms with Crippen LogP contribution in [0.5, 0.6) is 0 Å². The van der Waals surface area contributed by atoms with E-state index in [0.29, 0.717) is 0 Å². The zero-order valence-electron chi connectivity index (χ0n) is 7.16. The molecule has 4 unspecified atom stereocenters. The summed E-state index contributed by atoms with van der Waals surface area (Å²) < 4.78 is 0. The Morgan fingerprint density at radius 3 is 2.36 bits per heavy atom. The van der Waals surface area contributed by atoms with Crippen LogP contribution in [0.15, 0.2) is 12.2 Å². The summed E-state index contributed by atoms with van der Waals surface area (Å²) in [4.78, 5) is 0. The third kappa shape index (κ3) is 0.881. The summed E-state index contributed by atoms with van der Waals surface area (Å²) >= 11 is 0. The maximum absolute atomic E-state index is 2.50. The molecule has 2 fully saturated rings. The lowest BCUT2D eigenvalue weighted by Gasteiger charge is -2.22. The smallest absolute Gasteiger partial charge is 0.0199 e. The molecule has 0 nitrogen and oxygen atoms in total. The van der Waals surface area contributed by atoms with Crippen LogP contribution in [0.4, 0.5) is 0 Å². The minimum Gasteiger partial charge on any atom is -0.0854 e. The molecule has 2 saturated carbocycles. The molecule has 0 aromatic heterocycles. The van der Waals surface area contributed by atoms with Gasteiger partial charge in [0.15, 0.2) is 0 Å². The Labute approximate surface area is 68.7 Å². The lowest BCUT2D eigenvalue weighted by atomic mass is 9.84. The molecule has 0 aromatic rings. The van der Waals surface area contributed by atoms with Crippen molar-refractivity contribution >= 4 is 0 Å². The first kappa shape index (κ1) is 6.28. The molecule has 0 N–H and O–H groups in total. The Hall–Kier alpha value is -0.260. The van der Waals surface area contributed by atoms with Gasteiger partial charge in [0.2, 0.25) is 0 Å². The van der Waals surface area contributed by atoms with Crippen LogP contribution < -0.4 is 0 Å². The van der Waals surface area contributed by atoms with Crippen LogP contribution in [0, 0.1) is 29.6 Å². The molecule has 60 valence electrons. The lowest BCUT2D eigenvalue weighted by molar-refractivity contribution is 0.382. The molecule has 0 heterocycles. The molecular weight excluding hydrogens is 132 g/mol. The van der Waals surface area contributed by atoms with Gasteiger partial charge in [-0.25, -0.2) is 0 Å². The van der Waals surface area contributed by atoms with E-state index >= 15 is 0 Å². The van der Waals surface area contributed by atoms with E-state index in [4.69, 9.17) is 0 Å². The van der Waals surface area contributed by atoms with Gasteiger partial charge >= 0.3 is 0 Å². The molecule has 4 atom stereocenters. The number of hydrogen-bond acceptors (Lipinski definition) is 0. The second-order valence-corrected chi connectivity index (χ2v) is 4.74. The fourth-order valence-electron chi connectivity index (χ4n) is 2.76. The molecule has 0 bridgehead atoms. The van der Waals surface area contributed by atoms with Crippen LogP contribution in [-0.4, -0.2) is 0 Å². The van der Waals surface area contributed by atoms with Crippen LogP contribution in [0.1, 0.15) is 26.2 Å². The van der Waals surface area contributed by atoms with Gasteiger partial charge in [0.05, 0.1) is 0 Å². The summed E-state index contributed by atoms with van der Waals surface area (Å²) in [6.45, 7) is 2.33. The minimum atomic E-state index is 0.862. The minimum absolute atomic E-state index is 0.862. The highest BCUT2D eigenvalue weighted by atomic mass is 14.7. The Morgan fingerprint density at radius 2 is 1.91 bits per heavy atom. The topological polar surface area (TPSA) is 0 Å². The molecule has 0 heteroatoms. The van der Waals surface area contributed by atoms with Crippen molar-refractivity contribution in [3.05, 3.63) is 12.2 Å². The number of fused-ring (bicyclic) bond motifs is 1. The highest BCUT2D eigenvalue weighted by molar-refractivity contribution is 5.18. The van der Waals surface area contributed by atoms with Crippen molar-refractivity contribution in [2.24, 2.45) is 29.6 Å². The van der Waals surface area contributed by atoms with Crippen molar-refractivity contribution in [2.45, 2.75) is 26.2 Å². The van der Waals surface area contributed by atoms with Gasteiger partial charge < -0.3 is 0 Å². The van der Waals surface area contributed by atoms with Crippen LogP contribution in [0.25, 0.3) is 0 Å². The average Bonchev–Trinajstić information content (AvgIpc) is 2.80. The molecule has 0 aromatic carbocycles. The molecule has 0 amide bonds. The van der Waals surface area contributed by atoms with Gasteiger partial charge in [0.25, 0.3) is 0 Å². The van der Waals surface area contributed by atoms with Crippen LogP contribution in [0.2, 0.25) is 0 Å². The normalized spacial score (nSPS) is 58.8.